The van der Waals surface area contributed by atoms with Crippen LogP contribution in [-0.2, 0) is 0 Å². The topological polar surface area (TPSA) is 30.0 Å². The van der Waals surface area contributed by atoms with E-state index in [9.17, 15) is 4.79 Å². The van der Waals surface area contributed by atoms with Crippen LogP contribution in [0.3, 0.4) is 0 Å². The molecule has 0 spiro atoms. The zero-order valence-electron chi connectivity index (χ0n) is 7.16. The summed E-state index contributed by atoms with van der Waals surface area (Å²) in [6.07, 6.45) is 4.79. The monoisotopic (exact) mass is 195 g/mol. The summed E-state index contributed by atoms with van der Waals surface area (Å²) in [7, 11) is 0. The van der Waals surface area contributed by atoms with Gasteiger partial charge in [-0.25, -0.2) is 4.98 Å². The number of pyridine rings is 1. The van der Waals surface area contributed by atoms with Gasteiger partial charge in [-0.15, -0.1) is 0 Å². The maximum atomic E-state index is 11.7. The van der Waals surface area contributed by atoms with E-state index in [1.807, 2.05) is 0 Å². The van der Waals surface area contributed by atoms with Gasteiger partial charge >= 0.3 is 0 Å². The van der Waals surface area contributed by atoms with Crippen molar-refractivity contribution in [3.8, 4) is 0 Å². The van der Waals surface area contributed by atoms with Crippen molar-refractivity contribution < 1.29 is 4.79 Å². The fourth-order valence-electron chi connectivity index (χ4n) is 1.43. The first-order valence-corrected chi connectivity index (χ1v) is 4.81. The minimum Gasteiger partial charge on any atom is -0.294 e. The van der Waals surface area contributed by atoms with Gasteiger partial charge in [-0.05, 0) is 25.0 Å². The second-order valence-corrected chi connectivity index (χ2v) is 3.75. The Balaban J connectivity index is 2.15. The van der Waals surface area contributed by atoms with Crippen molar-refractivity contribution in [2.45, 2.75) is 19.3 Å². The lowest BCUT2D eigenvalue weighted by Crippen LogP contribution is -2.21. The molecular weight excluding hydrogens is 186 g/mol. The molecular formula is C10H10ClNO. The highest BCUT2D eigenvalue weighted by Gasteiger charge is 2.26. The minimum atomic E-state index is 0.218. The number of Topliss-reactive ketones (excluding diaryl/α,β-unsaturated/α-hetero) is 1. The predicted molar refractivity (Wildman–Crippen MR) is 50.9 cm³/mol. The Kier molecular flexibility index (Phi) is 2.32. The van der Waals surface area contributed by atoms with Crippen LogP contribution in [0.1, 0.15) is 29.6 Å². The van der Waals surface area contributed by atoms with E-state index in [0.29, 0.717) is 10.7 Å². The molecule has 0 radical (unpaired) electrons. The normalized spacial score (nSPS) is 16.7. The zero-order valence-corrected chi connectivity index (χ0v) is 7.92. The van der Waals surface area contributed by atoms with Crippen LogP contribution in [0.25, 0.3) is 0 Å². The summed E-state index contributed by atoms with van der Waals surface area (Å²) in [5.74, 6) is 0.457. The van der Waals surface area contributed by atoms with E-state index in [0.717, 1.165) is 12.8 Å². The molecule has 1 heterocycles. The average Bonchev–Trinajstić information content (AvgIpc) is 2.02. The molecule has 1 aromatic rings. The lowest BCUT2D eigenvalue weighted by Gasteiger charge is -2.23. The molecule has 2 nitrogen and oxygen atoms in total. The molecule has 1 aromatic heterocycles. The van der Waals surface area contributed by atoms with Gasteiger partial charge in [-0.1, -0.05) is 18.0 Å². The number of hydrogen-bond acceptors (Lipinski definition) is 2. The highest BCUT2D eigenvalue weighted by Crippen LogP contribution is 2.29. The van der Waals surface area contributed by atoms with Crippen molar-refractivity contribution in [2.24, 2.45) is 5.92 Å². The summed E-state index contributed by atoms with van der Waals surface area (Å²) in [6.45, 7) is 0. The molecule has 0 saturated heterocycles. The summed E-state index contributed by atoms with van der Waals surface area (Å²) in [5, 5.41) is 0.435. The fourth-order valence-corrected chi connectivity index (χ4v) is 1.54. The zero-order chi connectivity index (χ0) is 9.26. The van der Waals surface area contributed by atoms with Crippen LogP contribution in [0.4, 0.5) is 0 Å². The van der Waals surface area contributed by atoms with E-state index >= 15 is 0 Å². The van der Waals surface area contributed by atoms with Gasteiger partial charge in [0.05, 0.1) is 0 Å². The number of nitrogens with zero attached hydrogens (tertiary/aromatic N) is 1. The third-order valence-electron chi connectivity index (χ3n) is 2.49. The molecule has 0 aliphatic heterocycles. The lowest BCUT2D eigenvalue weighted by molar-refractivity contribution is 0.0855. The summed E-state index contributed by atoms with van der Waals surface area (Å²) in [5.41, 5.74) is 0.689. The van der Waals surface area contributed by atoms with Crippen molar-refractivity contribution in [3.05, 3.63) is 29.0 Å². The van der Waals surface area contributed by atoms with Gasteiger partial charge in [0.1, 0.15) is 5.15 Å². The third kappa shape index (κ3) is 1.73. The van der Waals surface area contributed by atoms with Crippen LogP contribution in [-0.4, -0.2) is 10.8 Å². The van der Waals surface area contributed by atoms with Gasteiger partial charge in [0.2, 0.25) is 0 Å². The van der Waals surface area contributed by atoms with Gasteiger partial charge < -0.3 is 0 Å². The van der Waals surface area contributed by atoms with Crippen LogP contribution in [0.15, 0.2) is 18.3 Å². The van der Waals surface area contributed by atoms with Gasteiger partial charge in [-0.2, -0.15) is 0 Å². The van der Waals surface area contributed by atoms with Crippen molar-refractivity contribution in [1.29, 1.82) is 0 Å². The van der Waals surface area contributed by atoms with Crippen LogP contribution >= 0.6 is 11.6 Å². The van der Waals surface area contributed by atoms with Crippen molar-refractivity contribution >= 4 is 17.4 Å². The summed E-state index contributed by atoms with van der Waals surface area (Å²) < 4.78 is 0. The molecule has 1 saturated carbocycles. The fraction of sp³-hybridized carbons (Fsp3) is 0.400. The Hall–Kier alpha value is -0.890. The number of carbonyl (C=O) groups is 1. The standard InChI is InChI=1S/C10H10ClNO/c11-9-5-4-8(6-12-9)10(13)7-2-1-3-7/h4-7H,1-3H2. The van der Waals surface area contributed by atoms with Crippen molar-refractivity contribution in [1.82, 2.24) is 4.98 Å². The van der Waals surface area contributed by atoms with E-state index in [1.165, 1.54) is 6.42 Å². The number of carbonyl (C=O) groups excluding carboxylic acids is 1. The highest BCUT2D eigenvalue weighted by molar-refractivity contribution is 6.29. The van der Waals surface area contributed by atoms with Gasteiger partial charge in [-0.3, -0.25) is 4.79 Å². The Labute approximate surface area is 81.9 Å². The first-order chi connectivity index (χ1) is 6.27. The molecule has 13 heavy (non-hydrogen) atoms. The van der Waals surface area contributed by atoms with Crippen molar-refractivity contribution in [3.63, 3.8) is 0 Å². The first-order valence-electron chi connectivity index (χ1n) is 4.43. The molecule has 0 amide bonds. The molecule has 1 aliphatic rings. The third-order valence-corrected chi connectivity index (χ3v) is 2.71. The molecule has 0 atom stereocenters. The second kappa shape index (κ2) is 3.46. The van der Waals surface area contributed by atoms with E-state index in [1.54, 1.807) is 18.3 Å². The molecule has 0 unspecified atom stereocenters. The van der Waals surface area contributed by atoms with Crippen LogP contribution in [0, 0.1) is 5.92 Å². The molecule has 0 bridgehead atoms. The Morgan fingerprint density at radius 3 is 2.69 bits per heavy atom. The van der Waals surface area contributed by atoms with E-state index < -0.39 is 0 Å². The Bertz CT molecular complexity index is 316. The number of rotatable bonds is 2. The summed E-state index contributed by atoms with van der Waals surface area (Å²) in [6, 6.07) is 3.41. The summed E-state index contributed by atoms with van der Waals surface area (Å²) in [4.78, 5) is 15.5. The average molecular weight is 196 g/mol. The largest absolute Gasteiger partial charge is 0.294 e. The van der Waals surface area contributed by atoms with Crippen LogP contribution in [0.2, 0.25) is 5.15 Å². The number of hydrogen-bond donors (Lipinski definition) is 0. The molecule has 1 aliphatic carbocycles. The highest BCUT2D eigenvalue weighted by atomic mass is 35.5. The van der Waals surface area contributed by atoms with Crippen LogP contribution in [0.5, 0.6) is 0 Å². The maximum absolute atomic E-state index is 11.7. The maximum Gasteiger partial charge on any atom is 0.167 e. The molecule has 0 aromatic carbocycles. The predicted octanol–water partition coefficient (Wildman–Crippen LogP) is 2.72. The lowest BCUT2D eigenvalue weighted by atomic mass is 9.80. The Morgan fingerprint density at radius 1 is 1.46 bits per heavy atom. The molecule has 2 rings (SSSR count). The molecule has 0 N–H and O–H groups in total. The smallest absolute Gasteiger partial charge is 0.167 e. The number of aromatic nitrogens is 1. The second-order valence-electron chi connectivity index (χ2n) is 3.36. The number of halogens is 1. The SMILES string of the molecule is O=C(c1ccc(Cl)nc1)C1CCC1. The first kappa shape index (κ1) is 8.70. The van der Waals surface area contributed by atoms with Crippen molar-refractivity contribution in [2.75, 3.05) is 0 Å². The number of ketones is 1. The Morgan fingerprint density at radius 2 is 2.23 bits per heavy atom. The molecule has 68 valence electrons. The van der Waals surface area contributed by atoms with E-state index in [2.05, 4.69) is 4.98 Å². The molecule has 1 fully saturated rings. The van der Waals surface area contributed by atoms with Gasteiger partial charge in [0.25, 0.3) is 0 Å². The minimum absolute atomic E-state index is 0.218. The van der Waals surface area contributed by atoms with Gasteiger partial charge in [0, 0.05) is 17.7 Å². The molecule has 3 heteroatoms. The van der Waals surface area contributed by atoms with Gasteiger partial charge in [0.15, 0.2) is 5.78 Å². The summed E-state index contributed by atoms with van der Waals surface area (Å²) >= 11 is 5.62. The van der Waals surface area contributed by atoms with E-state index in [-0.39, 0.29) is 11.7 Å². The van der Waals surface area contributed by atoms with Crippen LogP contribution < -0.4 is 0 Å². The quantitative estimate of drug-likeness (QED) is 0.537. The van der Waals surface area contributed by atoms with E-state index in [4.69, 9.17) is 11.6 Å².